The fourth-order valence-corrected chi connectivity index (χ4v) is 2.34. The highest BCUT2D eigenvalue weighted by Crippen LogP contribution is 2.25. The molecule has 3 nitrogen and oxygen atoms in total. The molecule has 18 heavy (non-hydrogen) atoms. The molecule has 1 heterocycles. The molecule has 0 saturated heterocycles. The number of aromatic nitrogens is 2. The number of fused-ring (bicyclic) bond motifs is 1. The molecule has 0 aliphatic carbocycles. The lowest BCUT2D eigenvalue weighted by Crippen LogP contribution is -2.10. The normalized spacial score (nSPS) is 13.4. The molecular formula is C15H23N3. The number of imidazole rings is 1. The van der Waals surface area contributed by atoms with E-state index in [0.717, 1.165) is 23.1 Å². The van der Waals surface area contributed by atoms with Gasteiger partial charge in [0.1, 0.15) is 5.82 Å². The van der Waals surface area contributed by atoms with Crippen LogP contribution in [0.3, 0.4) is 0 Å². The van der Waals surface area contributed by atoms with E-state index in [-0.39, 0.29) is 0 Å². The number of rotatable bonds is 4. The Morgan fingerprint density at radius 1 is 1.28 bits per heavy atom. The maximum atomic E-state index is 5.89. The van der Waals surface area contributed by atoms with Crippen molar-refractivity contribution in [3.05, 3.63) is 24.0 Å². The molecule has 0 spiro atoms. The number of nitrogen functional groups attached to an aromatic ring is 1. The minimum absolute atomic E-state index is 0.413. The van der Waals surface area contributed by atoms with Gasteiger partial charge in [0, 0.05) is 18.2 Å². The van der Waals surface area contributed by atoms with Crippen molar-refractivity contribution in [2.75, 3.05) is 5.73 Å². The molecule has 0 aliphatic rings. The molecule has 1 aromatic carbocycles. The van der Waals surface area contributed by atoms with Crippen molar-refractivity contribution in [3.8, 4) is 0 Å². The van der Waals surface area contributed by atoms with Crippen molar-refractivity contribution in [2.24, 2.45) is 5.92 Å². The molecule has 1 unspecified atom stereocenters. The Balaban J connectivity index is 2.55. The van der Waals surface area contributed by atoms with Gasteiger partial charge in [-0.25, -0.2) is 4.98 Å². The Kier molecular flexibility index (Phi) is 3.60. The van der Waals surface area contributed by atoms with Crippen LogP contribution in [0.4, 0.5) is 5.69 Å². The van der Waals surface area contributed by atoms with E-state index in [2.05, 4.69) is 32.3 Å². The molecular weight excluding hydrogens is 222 g/mol. The summed E-state index contributed by atoms with van der Waals surface area (Å²) in [4.78, 5) is 4.77. The predicted octanol–water partition coefficient (Wildman–Crippen LogP) is 3.79. The summed E-state index contributed by atoms with van der Waals surface area (Å²) in [6.07, 6.45) is 2.21. The van der Waals surface area contributed by atoms with E-state index in [1.165, 1.54) is 12.2 Å². The highest BCUT2D eigenvalue weighted by Gasteiger charge is 2.15. The Labute approximate surface area is 109 Å². The van der Waals surface area contributed by atoms with Gasteiger partial charge >= 0.3 is 0 Å². The second kappa shape index (κ2) is 5.01. The van der Waals surface area contributed by atoms with Crippen LogP contribution in [-0.4, -0.2) is 9.55 Å². The number of anilines is 1. The molecule has 0 aliphatic heterocycles. The second-order valence-corrected chi connectivity index (χ2v) is 5.46. The van der Waals surface area contributed by atoms with Crippen LogP contribution >= 0.6 is 0 Å². The maximum Gasteiger partial charge on any atom is 0.110 e. The fourth-order valence-electron chi connectivity index (χ4n) is 2.34. The summed E-state index contributed by atoms with van der Waals surface area (Å²) in [5.74, 6) is 1.84. The molecule has 0 saturated carbocycles. The SMILES string of the molecule is CCC(C)Cc1nc2ccc(N)cc2n1C(C)C. The van der Waals surface area contributed by atoms with Crippen molar-refractivity contribution < 1.29 is 0 Å². The first kappa shape index (κ1) is 12.9. The lowest BCUT2D eigenvalue weighted by molar-refractivity contribution is 0.504. The average Bonchev–Trinajstić information content (AvgIpc) is 2.65. The average molecular weight is 245 g/mol. The van der Waals surface area contributed by atoms with Gasteiger partial charge in [0.05, 0.1) is 11.0 Å². The van der Waals surface area contributed by atoms with Crippen molar-refractivity contribution in [2.45, 2.75) is 46.6 Å². The van der Waals surface area contributed by atoms with Gasteiger partial charge in [-0.05, 0) is 38.0 Å². The third-order valence-electron chi connectivity index (χ3n) is 3.53. The number of hydrogen-bond acceptors (Lipinski definition) is 2. The van der Waals surface area contributed by atoms with Gasteiger partial charge in [0.2, 0.25) is 0 Å². The Bertz CT molecular complexity index is 540. The van der Waals surface area contributed by atoms with Gasteiger partial charge in [-0.15, -0.1) is 0 Å². The summed E-state index contributed by atoms with van der Waals surface area (Å²) in [6, 6.07) is 6.38. The van der Waals surface area contributed by atoms with Crippen LogP contribution in [0.25, 0.3) is 11.0 Å². The van der Waals surface area contributed by atoms with E-state index in [1.807, 2.05) is 18.2 Å². The summed E-state index contributed by atoms with van der Waals surface area (Å²) in [5.41, 5.74) is 8.90. The minimum Gasteiger partial charge on any atom is -0.399 e. The van der Waals surface area contributed by atoms with Gasteiger partial charge in [-0.1, -0.05) is 20.3 Å². The summed E-state index contributed by atoms with van der Waals surface area (Å²) in [7, 11) is 0. The molecule has 2 aromatic rings. The van der Waals surface area contributed by atoms with Crippen molar-refractivity contribution >= 4 is 16.7 Å². The highest BCUT2D eigenvalue weighted by atomic mass is 15.1. The Morgan fingerprint density at radius 3 is 2.61 bits per heavy atom. The van der Waals surface area contributed by atoms with Crippen LogP contribution in [0.15, 0.2) is 18.2 Å². The lowest BCUT2D eigenvalue weighted by atomic mass is 10.0. The molecule has 1 aromatic heterocycles. The van der Waals surface area contributed by atoms with Gasteiger partial charge in [-0.2, -0.15) is 0 Å². The van der Waals surface area contributed by atoms with E-state index in [0.29, 0.717) is 12.0 Å². The maximum absolute atomic E-state index is 5.89. The topological polar surface area (TPSA) is 43.8 Å². The first-order chi connectivity index (χ1) is 8.52. The standard InChI is InChI=1S/C15H23N3/c1-5-11(4)8-15-17-13-7-6-12(16)9-14(13)18(15)10(2)3/h6-7,9-11H,5,8,16H2,1-4H3. The molecule has 0 radical (unpaired) electrons. The zero-order valence-electron chi connectivity index (χ0n) is 11.8. The van der Waals surface area contributed by atoms with Gasteiger partial charge in [-0.3, -0.25) is 0 Å². The van der Waals surface area contributed by atoms with Gasteiger partial charge < -0.3 is 10.3 Å². The quantitative estimate of drug-likeness (QED) is 0.833. The van der Waals surface area contributed by atoms with Crippen LogP contribution in [0.5, 0.6) is 0 Å². The molecule has 0 bridgehead atoms. The summed E-state index contributed by atoms with van der Waals surface area (Å²) < 4.78 is 2.32. The second-order valence-electron chi connectivity index (χ2n) is 5.46. The van der Waals surface area contributed by atoms with Crippen LogP contribution in [-0.2, 0) is 6.42 Å². The largest absolute Gasteiger partial charge is 0.399 e. The van der Waals surface area contributed by atoms with E-state index in [1.54, 1.807) is 0 Å². The first-order valence-corrected chi connectivity index (χ1v) is 6.79. The summed E-state index contributed by atoms with van der Waals surface area (Å²) in [6.45, 7) is 8.90. The van der Waals surface area contributed by atoms with Gasteiger partial charge in [0.25, 0.3) is 0 Å². The lowest BCUT2D eigenvalue weighted by Gasteiger charge is -2.15. The number of hydrogen-bond donors (Lipinski definition) is 1. The molecule has 2 N–H and O–H groups in total. The predicted molar refractivity (Wildman–Crippen MR) is 77.7 cm³/mol. The fraction of sp³-hybridized carbons (Fsp3) is 0.533. The van der Waals surface area contributed by atoms with E-state index < -0.39 is 0 Å². The molecule has 2 rings (SSSR count). The van der Waals surface area contributed by atoms with E-state index in [4.69, 9.17) is 10.7 Å². The third kappa shape index (κ3) is 2.35. The number of benzene rings is 1. The molecule has 98 valence electrons. The molecule has 3 heteroatoms. The van der Waals surface area contributed by atoms with Crippen LogP contribution < -0.4 is 5.73 Å². The first-order valence-electron chi connectivity index (χ1n) is 6.79. The smallest absolute Gasteiger partial charge is 0.110 e. The number of nitrogens with zero attached hydrogens (tertiary/aromatic N) is 2. The Hall–Kier alpha value is -1.51. The van der Waals surface area contributed by atoms with Gasteiger partial charge in [0.15, 0.2) is 0 Å². The zero-order chi connectivity index (χ0) is 13.3. The van der Waals surface area contributed by atoms with Crippen molar-refractivity contribution in [1.29, 1.82) is 0 Å². The van der Waals surface area contributed by atoms with E-state index in [9.17, 15) is 0 Å². The van der Waals surface area contributed by atoms with Crippen LogP contribution in [0, 0.1) is 5.92 Å². The summed E-state index contributed by atoms with van der Waals surface area (Å²) in [5, 5.41) is 0. The number of nitrogens with two attached hydrogens (primary N) is 1. The Morgan fingerprint density at radius 2 is 2.00 bits per heavy atom. The molecule has 0 amide bonds. The zero-order valence-corrected chi connectivity index (χ0v) is 11.8. The van der Waals surface area contributed by atoms with E-state index >= 15 is 0 Å². The molecule has 0 fully saturated rings. The van der Waals surface area contributed by atoms with Crippen LogP contribution in [0.2, 0.25) is 0 Å². The monoisotopic (exact) mass is 245 g/mol. The third-order valence-corrected chi connectivity index (χ3v) is 3.53. The summed E-state index contributed by atoms with van der Waals surface area (Å²) >= 11 is 0. The van der Waals surface area contributed by atoms with Crippen molar-refractivity contribution in [3.63, 3.8) is 0 Å². The highest BCUT2D eigenvalue weighted by molar-refractivity contribution is 5.79. The minimum atomic E-state index is 0.413. The molecule has 1 atom stereocenters. The van der Waals surface area contributed by atoms with Crippen LogP contribution in [0.1, 0.15) is 46.0 Å². The van der Waals surface area contributed by atoms with Crippen molar-refractivity contribution in [1.82, 2.24) is 9.55 Å².